The summed E-state index contributed by atoms with van der Waals surface area (Å²) in [5.41, 5.74) is 3.84. The van der Waals surface area contributed by atoms with E-state index < -0.39 is 11.8 Å². The molecule has 0 radical (unpaired) electrons. The molecule has 4 heterocycles. The Morgan fingerprint density at radius 1 is 1.00 bits per heavy atom. The minimum Gasteiger partial charge on any atom is -0.491 e. The molecule has 5 aromatic rings. The standard InChI is InChI=1S/C42H42FN7O5S2/c1-44-18-5-14-37(51)49-23-21-48(22-24-49)19-6-8-28-15-16-34(32(43)26-28)55-25-7-13-36-38(40(53)54)46-42(57-36)50-20-17-29-9-4-10-30(31(29)27-50)39(52)47-41-45-33-11-2-3-12-35(33)56-41/h2-4,9-12,15-16,26H,1,5,7,13-14,17-25,27H2,(H,53,54)(H,45,47,52). The molecule has 2 amide bonds. The SMILES string of the molecule is C=NCCCC(=O)N1CCN(CC#Cc2ccc(OCCCc3sc(N4CCc5cccc(C(=O)Nc6nc7ccccc7s6)c5C4)nc3C(=O)O)c(F)c2)CC1. The number of carboxylic acids is 1. The summed E-state index contributed by atoms with van der Waals surface area (Å²) < 4.78 is 21.7. The molecule has 0 bridgehead atoms. The molecule has 294 valence electrons. The number of rotatable bonds is 14. The van der Waals surface area contributed by atoms with Crippen LogP contribution in [-0.2, 0) is 24.2 Å². The maximum absolute atomic E-state index is 15.0. The zero-order valence-electron chi connectivity index (χ0n) is 31.3. The average molecular weight is 808 g/mol. The molecular weight excluding hydrogens is 766 g/mol. The second-order valence-corrected chi connectivity index (χ2v) is 15.8. The monoisotopic (exact) mass is 807 g/mol. The third-order valence-electron chi connectivity index (χ3n) is 9.90. The topological polar surface area (TPSA) is 141 Å². The molecule has 0 saturated carbocycles. The molecule has 57 heavy (non-hydrogen) atoms. The van der Waals surface area contributed by atoms with Crippen molar-refractivity contribution in [3.8, 4) is 17.6 Å². The lowest BCUT2D eigenvalue weighted by atomic mass is 9.94. The zero-order chi connectivity index (χ0) is 39.7. The number of halogens is 1. The zero-order valence-corrected chi connectivity index (χ0v) is 33.0. The van der Waals surface area contributed by atoms with Crippen molar-refractivity contribution in [2.45, 2.75) is 38.6 Å². The fraction of sp³-hybridized carbons (Fsp3) is 0.333. The van der Waals surface area contributed by atoms with Crippen LogP contribution in [0.5, 0.6) is 5.75 Å². The van der Waals surface area contributed by atoms with E-state index in [4.69, 9.17) is 4.74 Å². The molecule has 1 fully saturated rings. The molecule has 0 spiro atoms. The minimum atomic E-state index is -1.12. The Kier molecular flexibility index (Phi) is 12.8. The van der Waals surface area contributed by atoms with E-state index >= 15 is 0 Å². The average Bonchev–Trinajstić information content (AvgIpc) is 3.84. The summed E-state index contributed by atoms with van der Waals surface area (Å²) in [7, 11) is 0. The van der Waals surface area contributed by atoms with Crippen LogP contribution in [0.4, 0.5) is 14.7 Å². The van der Waals surface area contributed by atoms with Crippen LogP contribution in [0.25, 0.3) is 10.2 Å². The first kappa shape index (κ1) is 39.5. The smallest absolute Gasteiger partial charge is 0.355 e. The van der Waals surface area contributed by atoms with Crippen molar-refractivity contribution in [1.29, 1.82) is 0 Å². The van der Waals surface area contributed by atoms with Gasteiger partial charge in [-0.3, -0.25) is 19.8 Å². The highest BCUT2D eigenvalue weighted by Crippen LogP contribution is 2.33. The van der Waals surface area contributed by atoms with Gasteiger partial charge in [0, 0.05) is 68.2 Å². The predicted molar refractivity (Wildman–Crippen MR) is 222 cm³/mol. The number of fused-ring (bicyclic) bond motifs is 2. The number of aliphatic imine (C=N–C) groups is 1. The van der Waals surface area contributed by atoms with E-state index in [1.165, 1.54) is 28.7 Å². The Labute approximate surface area is 338 Å². The van der Waals surface area contributed by atoms with E-state index in [2.05, 4.69) is 43.7 Å². The Morgan fingerprint density at radius 2 is 1.84 bits per heavy atom. The summed E-state index contributed by atoms with van der Waals surface area (Å²) in [4.78, 5) is 57.6. The highest BCUT2D eigenvalue weighted by molar-refractivity contribution is 7.22. The van der Waals surface area contributed by atoms with Gasteiger partial charge in [-0.2, -0.15) is 0 Å². The molecule has 12 nitrogen and oxygen atoms in total. The summed E-state index contributed by atoms with van der Waals surface area (Å²) in [6, 6.07) is 18.0. The van der Waals surface area contributed by atoms with Crippen LogP contribution in [0.3, 0.4) is 0 Å². The number of thiazole rings is 2. The fourth-order valence-electron chi connectivity index (χ4n) is 6.88. The molecule has 0 atom stereocenters. The van der Waals surface area contributed by atoms with E-state index in [9.17, 15) is 23.9 Å². The first-order chi connectivity index (χ1) is 27.7. The van der Waals surface area contributed by atoms with Crippen LogP contribution in [0, 0.1) is 17.7 Å². The lowest BCUT2D eigenvalue weighted by molar-refractivity contribution is -0.132. The molecule has 2 aromatic heterocycles. The quantitative estimate of drug-likeness (QED) is 0.0742. The summed E-state index contributed by atoms with van der Waals surface area (Å²) in [5.74, 6) is 4.49. The fourth-order valence-corrected chi connectivity index (χ4v) is 8.86. The van der Waals surface area contributed by atoms with Crippen LogP contribution >= 0.6 is 22.7 Å². The Hall–Kier alpha value is -5.69. The van der Waals surface area contributed by atoms with Gasteiger partial charge in [0.1, 0.15) is 0 Å². The number of aryl methyl sites for hydroxylation is 1. The van der Waals surface area contributed by atoms with Crippen LogP contribution in [0.2, 0.25) is 0 Å². The third kappa shape index (κ3) is 9.83. The summed E-state index contributed by atoms with van der Waals surface area (Å²) in [6.45, 7) is 8.57. The van der Waals surface area contributed by atoms with Gasteiger partial charge in [-0.15, -0.1) is 11.3 Å². The summed E-state index contributed by atoms with van der Waals surface area (Å²) in [5, 5.41) is 14.1. The number of carbonyl (C=O) groups excluding carboxylic acids is 2. The number of amides is 2. The maximum Gasteiger partial charge on any atom is 0.355 e. The number of hydrogen-bond donors (Lipinski definition) is 2. The van der Waals surface area contributed by atoms with E-state index in [-0.39, 0.29) is 29.9 Å². The number of piperazine rings is 1. The van der Waals surface area contributed by atoms with Gasteiger partial charge >= 0.3 is 5.97 Å². The molecule has 3 aromatic carbocycles. The lowest BCUT2D eigenvalue weighted by Gasteiger charge is -2.33. The molecule has 1 saturated heterocycles. The Morgan fingerprint density at radius 3 is 2.63 bits per heavy atom. The third-order valence-corrected chi connectivity index (χ3v) is 12.0. The normalized spacial score (nSPS) is 14.1. The van der Waals surface area contributed by atoms with Crippen molar-refractivity contribution in [2.24, 2.45) is 4.99 Å². The van der Waals surface area contributed by atoms with E-state index in [0.29, 0.717) is 97.6 Å². The number of para-hydroxylation sites is 1. The number of aromatic nitrogens is 2. The van der Waals surface area contributed by atoms with E-state index in [1.54, 1.807) is 18.2 Å². The Balaban J connectivity index is 0.904. The molecule has 7 rings (SSSR count). The van der Waals surface area contributed by atoms with Gasteiger partial charge in [-0.05, 0) is 79.9 Å². The summed E-state index contributed by atoms with van der Waals surface area (Å²) >= 11 is 2.73. The van der Waals surface area contributed by atoms with Gasteiger partial charge in [0.25, 0.3) is 5.91 Å². The van der Waals surface area contributed by atoms with Crippen molar-refractivity contribution in [2.75, 3.05) is 62.6 Å². The van der Waals surface area contributed by atoms with Crippen LogP contribution in [-0.4, -0.2) is 102 Å². The highest BCUT2D eigenvalue weighted by atomic mass is 32.1. The number of benzene rings is 3. The molecule has 2 aliphatic heterocycles. The Bertz CT molecular complexity index is 2310. The number of carboxylic acid groups (broad SMARTS) is 1. The molecule has 15 heteroatoms. The number of anilines is 2. The minimum absolute atomic E-state index is 0.0100. The van der Waals surface area contributed by atoms with E-state index in [1.807, 2.05) is 46.2 Å². The first-order valence-electron chi connectivity index (χ1n) is 18.8. The molecule has 2 N–H and O–H groups in total. The number of carbonyl (C=O) groups is 3. The van der Waals surface area contributed by atoms with Crippen molar-refractivity contribution in [3.05, 3.63) is 99.3 Å². The molecule has 2 aliphatic rings. The van der Waals surface area contributed by atoms with Crippen LogP contribution < -0.4 is 15.0 Å². The van der Waals surface area contributed by atoms with Crippen LogP contribution in [0.1, 0.15) is 61.7 Å². The van der Waals surface area contributed by atoms with Crippen molar-refractivity contribution in [1.82, 2.24) is 19.8 Å². The van der Waals surface area contributed by atoms with Crippen molar-refractivity contribution in [3.63, 3.8) is 0 Å². The predicted octanol–water partition coefficient (Wildman–Crippen LogP) is 6.39. The van der Waals surface area contributed by atoms with Gasteiger partial charge in [0.05, 0.1) is 23.4 Å². The second kappa shape index (κ2) is 18.5. The van der Waals surface area contributed by atoms with Gasteiger partial charge in [0.15, 0.2) is 27.5 Å². The maximum atomic E-state index is 15.0. The van der Waals surface area contributed by atoms with Crippen molar-refractivity contribution < 1.29 is 28.6 Å². The highest BCUT2D eigenvalue weighted by Gasteiger charge is 2.27. The summed E-state index contributed by atoms with van der Waals surface area (Å²) in [6.07, 6.45) is 2.71. The largest absolute Gasteiger partial charge is 0.491 e. The number of nitrogens with zero attached hydrogens (tertiary/aromatic N) is 6. The number of aromatic carboxylic acids is 1. The number of nitrogens with one attached hydrogen (secondary N) is 1. The molecule has 0 aliphatic carbocycles. The van der Waals surface area contributed by atoms with Crippen LogP contribution in [0.15, 0.2) is 65.7 Å². The van der Waals surface area contributed by atoms with Gasteiger partial charge < -0.3 is 24.6 Å². The van der Waals surface area contributed by atoms with E-state index in [0.717, 1.165) is 34.4 Å². The van der Waals surface area contributed by atoms with Gasteiger partial charge in [-0.25, -0.2) is 19.2 Å². The number of hydrogen-bond acceptors (Lipinski definition) is 11. The number of ether oxygens (including phenoxy) is 1. The molecule has 0 unspecified atom stereocenters. The van der Waals surface area contributed by atoms with Crippen molar-refractivity contribution >= 4 is 67.7 Å². The van der Waals surface area contributed by atoms with Gasteiger partial charge in [0.2, 0.25) is 5.91 Å². The van der Waals surface area contributed by atoms with Gasteiger partial charge in [-0.1, -0.05) is 47.4 Å². The lowest BCUT2D eigenvalue weighted by Crippen LogP contribution is -2.48. The first-order valence-corrected chi connectivity index (χ1v) is 20.5. The molecular formula is C42H42FN7O5S2. The second-order valence-electron chi connectivity index (χ2n) is 13.7.